The molecule has 1 unspecified atom stereocenters. The molecule has 0 amide bonds. The lowest BCUT2D eigenvalue weighted by atomic mass is 9.99. The van der Waals surface area contributed by atoms with Gasteiger partial charge in [-0.3, -0.25) is 10.8 Å². The van der Waals surface area contributed by atoms with Gasteiger partial charge in [0.2, 0.25) is 0 Å². The Balaban J connectivity index is 2.32. The number of nitrogens with one attached hydrogen (secondary N) is 1. The zero-order valence-electron chi connectivity index (χ0n) is 10.6. The molecule has 2 aromatic rings. The van der Waals surface area contributed by atoms with Crippen LogP contribution in [0.25, 0.3) is 0 Å². The smallest absolute Gasteiger partial charge is 0.118 e. The van der Waals surface area contributed by atoms with Gasteiger partial charge in [0.1, 0.15) is 5.75 Å². The van der Waals surface area contributed by atoms with Crippen molar-refractivity contribution in [1.82, 2.24) is 10.4 Å². The second-order valence-electron chi connectivity index (χ2n) is 4.10. The molecule has 4 nitrogen and oxygen atoms in total. The maximum atomic E-state index is 5.66. The van der Waals surface area contributed by atoms with Gasteiger partial charge in [-0.25, -0.2) is 5.43 Å². The monoisotopic (exact) mass is 243 g/mol. The number of methoxy groups -OCH3 is 1. The molecular weight excluding hydrogens is 226 g/mol. The third-order valence-corrected chi connectivity index (χ3v) is 2.87. The first-order chi connectivity index (χ1) is 8.74. The van der Waals surface area contributed by atoms with E-state index in [0.29, 0.717) is 0 Å². The largest absolute Gasteiger partial charge is 0.497 e. The van der Waals surface area contributed by atoms with E-state index in [2.05, 4.69) is 10.4 Å². The fourth-order valence-corrected chi connectivity index (χ4v) is 1.93. The summed E-state index contributed by atoms with van der Waals surface area (Å²) in [7, 11) is 1.65. The van der Waals surface area contributed by atoms with Gasteiger partial charge in [-0.1, -0.05) is 12.1 Å². The Bertz CT molecular complexity index is 511. The van der Waals surface area contributed by atoms with Crippen LogP contribution < -0.4 is 16.0 Å². The van der Waals surface area contributed by atoms with Gasteiger partial charge < -0.3 is 4.74 Å². The first kappa shape index (κ1) is 12.5. The van der Waals surface area contributed by atoms with Crippen molar-refractivity contribution in [3.63, 3.8) is 0 Å². The lowest BCUT2D eigenvalue weighted by Crippen LogP contribution is -2.28. The quantitative estimate of drug-likeness (QED) is 0.636. The fraction of sp³-hybridized carbons (Fsp3) is 0.214. The van der Waals surface area contributed by atoms with E-state index in [4.69, 9.17) is 10.6 Å². The lowest BCUT2D eigenvalue weighted by Gasteiger charge is -2.17. The number of aromatic nitrogens is 1. The molecule has 1 atom stereocenters. The highest BCUT2D eigenvalue weighted by Gasteiger charge is 2.12. The van der Waals surface area contributed by atoms with E-state index >= 15 is 0 Å². The van der Waals surface area contributed by atoms with Crippen molar-refractivity contribution in [3.8, 4) is 5.75 Å². The molecule has 1 aromatic carbocycles. The fourth-order valence-electron chi connectivity index (χ4n) is 1.93. The van der Waals surface area contributed by atoms with Crippen molar-refractivity contribution in [2.75, 3.05) is 7.11 Å². The average molecular weight is 243 g/mol. The molecule has 4 heteroatoms. The van der Waals surface area contributed by atoms with Crippen LogP contribution in [0.5, 0.6) is 5.75 Å². The molecule has 18 heavy (non-hydrogen) atoms. The zero-order chi connectivity index (χ0) is 13.0. The molecule has 0 radical (unpaired) electrons. The van der Waals surface area contributed by atoms with Crippen molar-refractivity contribution >= 4 is 0 Å². The number of aryl methyl sites for hydroxylation is 1. The summed E-state index contributed by atoms with van der Waals surface area (Å²) < 4.78 is 5.15. The molecule has 2 rings (SSSR count). The number of pyridine rings is 1. The predicted molar refractivity (Wildman–Crippen MR) is 71.1 cm³/mol. The van der Waals surface area contributed by atoms with Gasteiger partial charge in [0.15, 0.2) is 0 Å². The Morgan fingerprint density at radius 1 is 1.17 bits per heavy atom. The second-order valence-corrected chi connectivity index (χ2v) is 4.10. The zero-order valence-corrected chi connectivity index (χ0v) is 10.6. The maximum Gasteiger partial charge on any atom is 0.118 e. The molecule has 3 N–H and O–H groups in total. The Hall–Kier alpha value is -1.91. The van der Waals surface area contributed by atoms with Crippen molar-refractivity contribution in [2.24, 2.45) is 5.84 Å². The minimum absolute atomic E-state index is 0.0439. The summed E-state index contributed by atoms with van der Waals surface area (Å²) in [5.41, 5.74) is 5.98. The Morgan fingerprint density at radius 2 is 1.89 bits per heavy atom. The van der Waals surface area contributed by atoms with Crippen LogP contribution in [0.15, 0.2) is 42.6 Å². The molecule has 1 aromatic heterocycles. The molecule has 0 aliphatic heterocycles. The van der Waals surface area contributed by atoms with Crippen LogP contribution in [0, 0.1) is 6.92 Å². The molecule has 0 bridgehead atoms. The van der Waals surface area contributed by atoms with Crippen molar-refractivity contribution in [1.29, 1.82) is 0 Å². The van der Waals surface area contributed by atoms with E-state index in [1.165, 1.54) is 0 Å². The van der Waals surface area contributed by atoms with Crippen LogP contribution in [0.3, 0.4) is 0 Å². The third kappa shape index (κ3) is 2.67. The van der Waals surface area contributed by atoms with Crippen LogP contribution in [0.4, 0.5) is 0 Å². The molecule has 0 aliphatic rings. The topological polar surface area (TPSA) is 60.2 Å². The standard InChI is InChI=1S/C14H17N3O/c1-10-9-12(7-8-16-10)14(17-15)11-3-5-13(18-2)6-4-11/h3-9,14,17H,15H2,1-2H3. The first-order valence-electron chi connectivity index (χ1n) is 5.77. The van der Waals surface area contributed by atoms with Crippen LogP contribution in [0.1, 0.15) is 22.9 Å². The molecule has 94 valence electrons. The van der Waals surface area contributed by atoms with Crippen LogP contribution in [-0.4, -0.2) is 12.1 Å². The molecule has 0 saturated heterocycles. The van der Waals surface area contributed by atoms with Gasteiger partial charge in [0.05, 0.1) is 13.2 Å². The minimum atomic E-state index is -0.0439. The van der Waals surface area contributed by atoms with E-state index in [-0.39, 0.29) is 6.04 Å². The van der Waals surface area contributed by atoms with Crippen LogP contribution >= 0.6 is 0 Å². The SMILES string of the molecule is COc1ccc(C(NN)c2ccnc(C)c2)cc1. The van der Waals surface area contributed by atoms with E-state index in [1.807, 2.05) is 43.3 Å². The molecule has 0 saturated carbocycles. The van der Waals surface area contributed by atoms with Gasteiger partial charge in [-0.15, -0.1) is 0 Å². The Kier molecular flexibility index (Phi) is 3.92. The summed E-state index contributed by atoms with van der Waals surface area (Å²) in [6, 6.07) is 11.8. The third-order valence-electron chi connectivity index (χ3n) is 2.87. The number of hydrazine groups is 1. The summed E-state index contributed by atoms with van der Waals surface area (Å²) >= 11 is 0. The van der Waals surface area contributed by atoms with Gasteiger partial charge in [-0.05, 0) is 42.3 Å². The number of benzene rings is 1. The highest BCUT2D eigenvalue weighted by Crippen LogP contribution is 2.23. The number of ether oxygens (including phenoxy) is 1. The lowest BCUT2D eigenvalue weighted by molar-refractivity contribution is 0.414. The highest BCUT2D eigenvalue weighted by molar-refractivity contribution is 5.35. The number of hydrogen-bond donors (Lipinski definition) is 2. The normalized spacial score (nSPS) is 12.2. The van der Waals surface area contributed by atoms with Gasteiger partial charge in [0, 0.05) is 11.9 Å². The number of nitrogens with two attached hydrogens (primary N) is 1. The molecule has 1 heterocycles. The van der Waals surface area contributed by atoms with E-state index in [1.54, 1.807) is 13.3 Å². The molecule has 0 fully saturated rings. The van der Waals surface area contributed by atoms with E-state index in [9.17, 15) is 0 Å². The number of nitrogens with zero attached hydrogens (tertiary/aromatic N) is 1. The van der Waals surface area contributed by atoms with E-state index in [0.717, 1.165) is 22.6 Å². The van der Waals surface area contributed by atoms with Gasteiger partial charge in [-0.2, -0.15) is 0 Å². The van der Waals surface area contributed by atoms with Gasteiger partial charge >= 0.3 is 0 Å². The summed E-state index contributed by atoms with van der Waals surface area (Å²) in [5, 5.41) is 0. The van der Waals surface area contributed by atoms with Crippen LogP contribution in [-0.2, 0) is 0 Å². The highest BCUT2D eigenvalue weighted by atomic mass is 16.5. The molecule has 0 spiro atoms. The minimum Gasteiger partial charge on any atom is -0.497 e. The maximum absolute atomic E-state index is 5.66. The van der Waals surface area contributed by atoms with Crippen molar-refractivity contribution < 1.29 is 4.74 Å². The summed E-state index contributed by atoms with van der Waals surface area (Å²) in [6.45, 7) is 1.96. The number of hydrogen-bond acceptors (Lipinski definition) is 4. The van der Waals surface area contributed by atoms with E-state index < -0.39 is 0 Å². The van der Waals surface area contributed by atoms with Gasteiger partial charge in [0.25, 0.3) is 0 Å². The summed E-state index contributed by atoms with van der Waals surface area (Å²) in [5.74, 6) is 6.49. The Labute approximate surface area is 107 Å². The second kappa shape index (κ2) is 5.62. The first-order valence-corrected chi connectivity index (χ1v) is 5.77. The van der Waals surface area contributed by atoms with Crippen LogP contribution in [0.2, 0.25) is 0 Å². The van der Waals surface area contributed by atoms with Crippen molar-refractivity contribution in [3.05, 3.63) is 59.4 Å². The number of rotatable bonds is 4. The molecule has 0 aliphatic carbocycles. The average Bonchev–Trinajstić information content (AvgIpc) is 2.40. The predicted octanol–water partition coefficient (Wildman–Crippen LogP) is 1.95. The summed E-state index contributed by atoms with van der Waals surface area (Å²) in [4.78, 5) is 4.19. The Morgan fingerprint density at radius 3 is 2.44 bits per heavy atom. The summed E-state index contributed by atoms with van der Waals surface area (Å²) in [6.07, 6.45) is 1.79. The van der Waals surface area contributed by atoms with Crippen molar-refractivity contribution in [2.45, 2.75) is 13.0 Å². The molecular formula is C14H17N3O.